The minimum atomic E-state index is 0.453. The second kappa shape index (κ2) is 4.28. The van der Waals surface area contributed by atoms with Crippen molar-refractivity contribution in [3.05, 3.63) is 11.2 Å². The SMILES string of the molecule is CCNc1nc(Cl)cc(N(C)C)n1. The van der Waals surface area contributed by atoms with Crippen molar-refractivity contribution in [2.75, 3.05) is 30.9 Å². The lowest BCUT2D eigenvalue weighted by Gasteiger charge is -2.12. The number of aromatic nitrogens is 2. The Bertz CT molecular complexity index is 287. The number of rotatable bonds is 3. The highest BCUT2D eigenvalue weighted by Crippen LogP contribution is 2.15. The quantitative estimate of drug-likeness (QED) is 0.754. The second-order valence-corrected chi connectivity index (χ2v) is 3.18. The molecule has 72 valence electrons. The molecule has 1 heterocycles. The van der Waals surface area contributed by atoms with Gasteiger partial charge in [-0.15, -0.1) is 0 Å². The van der Waals surface area contributed by atoms with Gasteiger partial charge < -0.3 is 10.2 Å². The maximum Gasteiger partial charge on any atom is 0.226 e. The van der Waals surface area contributed by atoms with Crippen molar-refractivity contribution >= 4 is 23.4 Å². The second-order valence-electron chi connectivity index (χ2n) is 2.80. The zero-order valence-electron chi connectivity index (χ0n) is 8.00. The zero-order valence-corrected chi connectivity index (χ0v) is 8.76. The van der Waals surface area contributed by atoms with Crippen LogP contribution in [0.2, 0.25) is 5.15 Å². The van der Waals surface area contributed by atoms with Gasteiger partial charge in [-0.1, -0.05) is 11.6 Å². The van der Waals surface area contributed by atoms with E-state index in [1.165, 1.54) is 0 Å². The third-order valence-electron chi connectivity index (χ3n) is 1.47. The van der Waals surface area contributed by atoms with E-state index in [-0.39, 0.29) is 0 Å². The highest BCUT2D eigenvalue weighted by molar-refractivity contribution is 6.29. The van der Waals surface area contributed by atoms with Crippen molar-refractivity contribution < 1.29 is 0 Å². The topological polar surface area (TPSA) is 41.1 Å². The van der Waals surface area contributed by atoms with Gasteiger partial charge in [0.2, 0.25) is 5.95 Å². The minimum Gasteiger partial charge on any atom is -0.363 e. The smallest absolute Gasteiger partial charge is 0.226 e. The lowest BCUT2D eigenvalue weighted by atomic mass is 10.5. The molecule has 0 aliphatic heterocycles. The first-order valence-electron chi connectivity index (χ1n) is 4.09. The van der Waals surface area contributed by atoms with Gasteiger partial charge in [0.05, 0.1) is 0 Å². The van der Waals surface area contributed by atoms with Gasteiger partial charge in [0.25, 0.3) is 0 Å². The Morgan fingerprint density at radius 3 is 2.69 bits per heavy atom. The number of halogens is 1. The van der Waals surface area contributed by atoms with Crippen LogP contribution in [-0.2, 0) is 0 Å². The maximum atomic E-state index is 5.81. The van der Waals surface area contributed by atoms with Crippen LogP contribution in [0.15, 0.2) is 6.07 Å². The minimum absolute atomic E-state index is 0.453. The van der Waals surface area contributed by atoms with E-state index in [0.717, 1.165) is 12.4 Å². The van der Waals surface area contributed by atoms with Crippen LogP contribution in [0.25, 0.3) is 0 Å². The maximum absolute atomic E-state index is 5.81. The van der Waals surface area contributed by atoms with Crippen LogP contribution in [0.3, 0.4) is 0 Å². The van der Waals surface area contributed by atoms with Gasteiger partial charge in [-0.3, -0.25) is 0 Å². The zero-order chi connectivity index (χ0) is 9.84. The van der Waals surface area contributed by atoms with Crippen LogP contribution < -0.4 is 10.2 Å². The Morgan fingerprint density at radius 1 is 1.46 bits per heavy atom. The van der Waals surface area contributed by atoms with Gasteiger partial charge in [-0.25, -0.2) is 4.98 Å². The summed E-state index contributed by atoms with van der Waals surface area (Å²) in [4.78, 5) is 10.1. The molecular formula is C8H13ClN4. The van der Waals surface area contributed by atoms with E-state index < -0.39 is 0 Å². The summed E-state index contributed by atoms with van der Waals surface area (Å²) in [6.45, 7) is 2.77. The summed E-state index contributed by atoms with van der Waals surface area (Å²) in [7, 11) is 3.82. The third kappa shape index (κ3) is 2.73. The molecule has 0 aliphatic carbocycles. The molecule has 0 saturated heterocycles. The molecule has 0 aromatic carbocycles. The Hall–Kier alpha value is -1.03. The average molecular weight is 201 g/mol. The van der Waals surface area contributed by atoms with Gasteiger partial charge >= 0.3 is 0 Å². The van der Waals surface area contributed by atoms with E-state index in [9.17, 15) is 0 Å². The van der Waals surface area contributed by atoms with Crippen molar-refractivity contribution in [2.24, 2.45) is 0 Å². The Balaban J connectivity index is 2.96. The van der Waals surface area contributed by atoms with Gasteiger partial charge in [0.1, 0.15) is 11.0 Å². The van der Waals surface area contributed by atoms with E-state index in [1.807, 2.05) is 25.9 Å². The number of hydrogen-bond acceptors (Lipinski definition) is 4. The molecule has 0 radical (unpaired) electrons. The van der Waals surface area contributed by atoms with Crippen LogP contribution in [-0.4, -0.2) is 30.6 Å². The van der Waals surface area contributed by atoms with Gasteiger partial charge in [-0.2, -0.15) is 4.98 Å². The van der Waals surface area contributed by atoms with Crippen molar-refractivity contribution in [1.29, 1.82) is 0 Å². The molecule has 0 amide bonds. The normalized spacial score (nSPS) is 9.85. The predicted octanol–water partition coefficient (Wildman–Crippen LogP) is 1.63. The molecule has 0 atom stereocenters. The number of hydrogen-bond donors (Lipinski definition) is 1. The van der Waals surface area contributed by atoms with Crippen LogP contribution >= 0.6 is 11.6 Å². The predicted molar refractivity (Wildman–Crippen MR) is 55.5 cm³/mol. The Morgan fingerprint density at radius 2 is 2.15 bits per heavy atom. The molecule has 0 bridgehead atoms. The van der Waals surface area contributed by atoms with Crippen molar-refractivity contribution in [1.82, 2.24) is 9.97 Å². The molecule has 0 saturated carbocycles. The summed E-state index contributed by atoms with van der Waals surface area (Å²) >= 11 is 5.81. The first kappa shape index (κ1) is 10.1. The summed E-state index contributed by atoms with van der Waals surface area (Å²) in [5, 5.41) is 3.46. The standard InChI is InChI=1S/C8H13ClN4/c1-4-10-8-11-6(9)5-7(12-8)13(2)3/h5H,4H2,1-3H3,(H,10,11,12). The Labute approximate surface area is 82.9 Å². The molecule has 0 fully saturated rings. The molecule has 0 aliphatic rings. The molecule has 1 aromatic rings. The molecule has 1 rings (SSSR count). The fourth-order valence-corrected chi connectivity index (χ4v) is 1.05. The molecular weight excluding hydrogens is 188 g/mol. The van der Waals surface area contributed by atoms with Crippen molar-refractivity contribution in [3.8, 4) is 0 Å². The highest BCUT2D eigenvalue weighted by atomic mass is 35.5. The first-order chi connectivity index (χ1) is 6.13. The van der Waals surface area contributed by atoms with Crippen LogP contribution in [0.5, 0.6) is 0 Å². The van der Waals surface area contributed by atoms with E-state index in [1.54, 1.807) is 6.07 Å². The Kier molecular flexibility index (Phi) is 3.31. The van der Waals surface area contributed by atoms with Gasteiger partial charge in [0, 0.05) is 26.7 Å². The summed E-state index contributed by atoms with van der Waals surface area (Å²) in [6, 6.07) is 1.72. The third-order valence-corrected chi connectivity index (χ3v) is 1.67. The summed E-state index contributed by atoms with van der Waals surface area (Å²) in [5.41, 5.74) is 0. The van der Waals surface area contributed by atoms with E-state index in [2.05, 4.69) is 15.3 Å². The first-order valence-corrected chi connectivity index (χ1v) is 4.47. The molecule has 4 nitrogen and oxygen atoms in total. The van der Waals surface area contributed by atoms with E-state index in [4.69, 9.17) is 11.6 Å². The average Bonchev–Trinajstić information content (AvgIpc) is 2.03. The number of anilines is 2. The fourth-order valence-electron chi connectivity index (χ4n) is 0.872. The van der Waals surface area contributed by atoms with Gasteiger partial charge in [-0.05, 0) is 6.92 Å². The monoisotopic (exact) mass is 200 g/mol. The lowest BCUT2D eigenvalue weighted by molar-refractivity contribution is 1.02. The lowest BCUT2D eigenvalue weighted by Crippen LogP contribution is -2.12. The van der Waals surface area contributed by atoms with Crippen LogP contribution in [0.1, 0.15) is 6.92 Å². The van der Waals surface area contributed by atoms with E-state index >= 15 is 0 Å². The molecule has 1 N–H and O–H groups in total. The number of nitrogens with zero attached hydrogens (tertiary/aromatic N) is 3. The van der Waals surface area contributed by atoms with E-state index in [0.29, 0.717) is 11.1 Å². The largest absolute Gasteiger partial charge is 0.363 e. The fraction of sp³-hybridized carbons (Fsp3) is 0.500. The highest BCUT2D eigenvalue weighted by Gasteiger charge is 2.03. The summed E-state index contributed by atoms with van der Waals surface area (Å²) in [5.74, 6) is 1.37. The van der Waals surface area contributed by atoms with Gasteiger partial charge in [0.15, 0.2) is 0 Å². The summed E-state index contributed by atoms with van der Waals surface area (Å²) < 4.78 is 0. The van der Waals surface area contributed by atoms with Crippen LogP contribution in [0, 0.1) is 0 Å². The van der Waals surface area contributed by atoms with Crippen molar-refractivity contribution in [3.63, 3.8) is 0 Å². The molecule has 13 heavy (non-hydrogen) atoms. The molecule has 1 aromatic heterocycles. The van der Waals surface area contributed by atoms with Crippen LogP contribution in [0.4, 0.5) is 11.8 Å². The van der Waals surface area contributed by atoms with Crippen molar-refractivity contribution in [2.45, 2.75) is 6.92 Å². The number of nitrogens with one attached hydrogen (secondary N) is 1. The molecule has 0 unspecified atom stereocenters. The summed E-state index contributed by atoms with van der Waals surface area (Å²) in [6.07, 6.45) is 0. The molecule has 0 spiro atoms. The molecule has 5 heteroatoms.